The third kappa shape index (κ3) is 2.37. The summed E-state index contributed by atoms with van der Waals surface area (Å²) in [6.07, 6.45) is 0. The van der Waals surface area contributed by atoms with Gasteiger partial charge < -0.3 is 9.47 Å². The minimum atomic E-state index is -0.506. The van der Waals surface area contributed by atoms with Crippen LogP contribution in [0, 0.1) is 6.92 Å². The molecule has 0 atom stereocenters. The average molecular weight is 262 g/mol. The molecule has 1 aromatic heterocycles. The van der Waals surface area contributed by atoms with E-state index in [9.17, 15) is 9.59 Å². The highest BCUT2D eigenvalue weighted by Gasteiger charge is 2.11. The van der Waals surface area contributed by atoms with Crippen molar-refractivity contribution in [2.75, 3.05) is 14.2 Å². The molecule has 0 aliphatic rings. The Morgan fingerprint density at radius 3 is 2.42 bits per heavy atom. The van der Waals surface area contributed by atoms with Crippen LogP contribution >= 0.6 is 0 Å². The molecule has 2 rings (SSSR count). The normalized spacial score (nSPS) is 10.3. The Morgan fingerprint density at radius 1 is 1.11 bits per heavy atom. The molecule has 1 N–H and O–H groups in total. The second-order valence-electron chi connectivity index (χ2n) is 3.95. The molecule has 100 valence electrons. The summed E-state index contributed by atoms with van der Waals surface area (Å²) < 4.78 is 11.7. The Labute approximate surface area is 109 Å². The Kier molecular flexibility index (Phi) is 3.41. The first-order valence-corrected chi connectivity index (χ1v) is 5.62. The highest BCUT2D eigenvalue weighted by atomic mass is 16.5. The molecule has 0 aliphatic heterocycles. The number of benzene rings is 1. The van der Waals surface area contributed by atoms with Gasteiger partial charge in [0.1, 0.15) is 11.5 Å². The van der Waals surface area contributed by atoms with E-state index in [4.69, 9.17) is 9.47 Å². The largest absolute Gasteiger partial charge is 0.497 e. The van der Waals surface area contributed by atoms with Crippen LogP contribution in [0.25, 0.3) is 5.69 Å². The maximum Gasteiger partial charge on any atom is 0.333 e. The second kappa shape index (κ2) is 5.01. The molecule has 0 bridgehead atoms. The van der Waals surface area contributed by atoms with Crippen LogP contribution in [0.4, 0.5) is 0 Å². The molecule has 0 spiro atoms. The van der Waals surface area contributed by atoms with Crippen LogP contribution < -0.4 is 20.7 Å². The third-order valence-corrected chi connectivity index (χ3v) is 2.75. The lowest BCUT2D eigenvalue weighted by atomic mass is 10.2. The Hall–Kier alpha value is -2.50. The summed E-state index contributed by atoms with van der Waals surface area (Å²) in [6.45, 7) is 1.68. The van der Waals surface area contributed by atoms with Crippen LogP contribution in [-0.4, -0.2) is 23.8 Å². The first-order valence-electron chi connectivity index (χ1n) is 5.62. The van der Waals surface area contributed by atoms with E-state index in [1.54, 1.807) is 32.2 Å². The number of ether oxygens (including phenoxy) is 2. The Morgan fingerprint density at radius 2 is 1.84 bits per heavy atom. The summed E-state index contributed by atoms with van der Waals surface area (Å²) in [6, 6.07) is 6.44. The van der Waals surface area contributed by atoms with E-state index in [0.29, 0.717) is 22.9 Å². The van der Waals surface area contributed by atoms with E-state index < -0.39 is 11.2 Å². The van der Waals surface area contributed by atoms with Crippen molar-refractivity contribution in [3.8, 4) is 17.2 Å². The zero-order chi connectivity index (χ0) is 14.0. The zero-order valence-corrected chi connectivity index (χ0v) is 10.9. The van der Waals surface area contributed by atoms with Crippen molar-refractivity contribution in [1.82, 2.24) is 9.55 Å². The summed E-state index contributed by atoms with van der Waals surface area (Å²) >= 11 is 0. The van der Waals surface area contributed by atoms with Gasteiger partial charge in [0.15, 0.2) is 0 Å². The Balaban J connectivity index is 2.72. The standard InChI is InChI=1S/C13H14N2O4/c1-8-6-12(16)14-13(17)15(8)10-5-4-9(18-2)7-11(10)19-3/h4-7H,1-3H3,(H,14,16,17). The monoisotopic (exact) mass is 262 g/mol. The van der Waals surface area contributed by atoms with Gasteiger partial charge in [0.2, 0.25) is 0 Å². The van der Waals surface area contributed by atoms with Gasteiger partial charge in [0, 0.05) is 17.8 Å². The number of nitrogens with zero attached hydrogens (tertiary/aromatic N) is 1. The SMILES string of the molecule is COc1ccc(-n2c(C)cc(=O)[nH]c2=O)c(OC)c1. The summed E-state index contributed by atoms with van der Waals surface area (Å²) in [5.41, 5.74) is 0.138. The number of methoxy groups -OCH3 is 2. The first kappa shape index (κ1) is 12.9. The van der Waals surface area contributed by atoms with Gasteiger partial charge in [-0.2, -0.15) is 0 Å². The van der Waals surface area contributed by atoms with Crippen molar-refractivity contribution in [3.05, 3.63) is 50.8 Å². The summed E-state index contributed by atoms with van der Waals surface area (Å²) in [5.74, 6) is 1.10. The van der Waals surface area contributed by atoms with Crippen LogP contribution in [-0.2, 0) is 0 Å². The van der Waals surface area contributed by atoms with Crippen molar-refractivity contribution in [1.29, 1.82) is 0 Å². The van der Waals surface area contributed by atoms with Gasteiger partial charge in [0.25, 0.3) is 5.56 Å². The minimum Gasteiger partial charge on any atom is -0.497 e. The van der Waals surface area contributed by atoms with Crippen molar-refractivity contribution in [3.63, 3.8) is 0 Å². The molecule has 2 aromatic rings. The van der Waals surface area contributed by atoms with Crippen LogP contribution in [0.2, 0.25) is 0 Å². The van der Waals surface area contributed by atoms with Crippen molar-refractivity contribution < 1.29 is 9.47 Å². The lowest BCUT2D eigenvalue weighted by Gasteiger charge is -2.13. The lowest BCUT2D eigenvalue weighted by Crippen LogP contribution is -2.30. The molecule has 0 saturated carbocycles. The molecule has 0 saturated heterocycles. The van der Waals surface area contributed by atoms with Gasteiger partial charge in [-0.25, -0.2) is 4.79 Å². The van der Waals surface area contributed by atoms with E-state index in [1.807, 2.05) is 0 Å². The number of aromatic nitrogens is 2. The van der Waals surface area contributed by atoms with Gasteiger partial charge >= 0.3 is 5.69 Å². The molecule has 0 unspecified atom stereocenters. The smallest absolute Gasteiger partial charge is 0.333 e. The van der Waals surface area contributed by atoms with Crippen molar-refractivity contribution in [2.24, 2.45) is 0 Å². The second-order valence-corrected chi connectivity index (χ2v) is 3.95. The van der Waals surface area contributed by atoms with Gasteiger partial charge in [0.05, 0.1) is 19.9 Å². The molecular weight excluding hydrogens is 248 g/mol. The predicted molar refractivity (Wildman–Crippen MR) is 70.5 cm³/mol. The summed E-state index contributed by atoms with van der Waals surface area (Å²) in [7, 11) is 3.05. The van der Waals surface area contributed by atoms with E-state index in [1.165, 1.54) is 17.7 Å². The molecule has 0 fully saturated rings. The maximum absolute atomic E-state index is 11.9. The molecule has 1 aromatic carbocycles. The molecule has 0 radical (unpaired) electrons. The number of aromatic amines is 1. The molecule has 0 aliphatic carbocycles. The molecule has 6 heteroatoms. The fourth-order valence-electron chi connectivity index (χ4n) is 1.88. The number of aryl methyl sites for hydroxylation is 1. The molecule has 0 amide bonds. The minimum absolute atomic E-state index is 0.425. The van der Waals surface area contributed by atoms with E-state index in [2.05, 4.69) is 4.98 Å². The summed E-state index contributed by atoms with van der Waals surface area (Å²) in [5, 5.41) is 0. The first-order chi connectivity index (χ1) is 9.06. The predicted octanol–water partition coefficient (Wildman–Crippen LogP) is 0.851. The number of hydrogen-bond acceptors (Lipinski definition) is 4. The van der Waals surface area contributed by atoms with Crippen LogP contribution in [0.5, 0.6) is 11.5 Å². The molecule has 6 nitrogen and oxygen atoms in total. The maximum atomic E-state index is 11.9. The van der Waals surface area contributed by atoms with E-state index in [0.717, 1.165) is 0 Å². The fourth-order valence-corrected chi connectivity index (χ4v) is 1.88. The highest BCUT2D eigenvalue weighted by Crippen LogP contribution is 2.27. The zero-order valence-electron chi connectivity index (χ0n) is 10.9. The van der Waals surface area contributed by atoms with E-state index in [-0.39, 0.29) is 0 Å². The molecular formula is C13H14N2O4. The van der Waals surface area contributed by atoms with Gasteiger partial charge in [-0.1, -0.05) is 0 Å². The van der Waals surface area contributed by atoms with Crippen molar-refractivity contribution >= 4 is 0 Å². The Bertz CT molecular complexity index is 715. The third-order valence-electron chi connectivity index (χ3n) is 2.75. The number of rotatable bonds is 3. The van der Waals surface area contributed by atoms with Crippen LogP contribution in [0.1, 0.15) is 5.69 Å². The van der Waals surface area contributed by atoms with Gasteiger partial charge in [-0.05, 0) is 19.1 Å². The molecule has 1 heterocycles. The number of hydrogen-bond donors (Lipinski definition) is 1. The van der Waals surface area contributed by atoms with Crippen LogP contribution in [0.15, 0.2) is 33.9 Å². The average Bonchev–Trinajstić information content (AvgIpc) is 2.37. The number of H-pyrrole nitrogens is 1. The topological polar surface area (TPSA) is 73.3 Å². The van der Waals surface area contributed by atoms with E-state index >= 15 is 0 Å². The number of nitrogens with one attached hydrogen (secondary N) is 1. The van der Waals surface area contributed by atoms with Gasteiger partial charge in [-0.15, -0.1) is 0 Å². The quantitative estimate of drug-likeness (QED) is 0.890. The molecule has 19 heavy (non-hydrogen) atoms. The van der Waals surface area contributed by atoms with Crippen molar-refractivity contribution in [2.45, 2.75) is 6.92 Å². The highest BCUT2D eigenvalue weighted by molar-refractivity contribution is 5.51. The van der Waals surface area contributed by atoms with Gasteiger partial charge in [-0.3, -0.25) is 14.3 Å². The summed E-state index contributed by atoms with van der Waals surface area (Å²) in [4.78, 5) is 25.4. The van der Waals surface area contributed by atoms with Crippen LogP contribution in [0.3, 0.4) is 0 Å². The lowest BCUT2D eigenvalue weighted by molar-refractivity contribution is 0.392. The fraction of sp³-hybridized carbons (Fsp3) is 0.231.